The van der Waals surface area contributed by atoms with E-state index in [1.165, 1.54) is 0 Å². The molecule has 0 bridgehead atoms. The molecule has 1 aromatic rings. The molecule has 2 N–H and O–H groups in total. The first-order chi connectivity index (χ1) is 8.29. The summed E-state index contributed by atoms with van der Waals surface area (Å²) in [6.07, 6.45) is 0.677. The number of rotatable bonds is 7. The van der Waals surface area contributed by atoms with Crippen molar-refractivity contribution in [2.24, 2.45) is 5.73 Å². The van der Waals surface area contributed by atoms with Gasteiger partial charge in [-0.15, -0.1) is 0 Å². The minimum Gasteiger partial charge on any atom is -0.460 e. The molecule has 0 aliphatic heterocycles. The fourth-order valence-corrected chi connectivity index (χ4v) is 1.51. The van der Waals surface area contributed by atoms with Gasteiger partial charge in [0.1, 0.15) is 6.61 Å². The monoisotopic (exact) mass is 237 g/mol. The van der Waals surface area contributed by atoms with Crippen LogP contribution >= 0.6 is 0 Å². The molecular weight excluding hydrogens is 218 g/mol. The Morgan fingerprint density at radius 1 is 1.29 bits per heavy atom. The Morgan fingerprint density at radius 3 is 2.76 bits per heavy atom. The van der Waals surface area contributed by atoms with Crippen LogP contribution in [0.3, 0.4) is 0 Å². The van der Waals surface area contributed by atoms with Crippen LogP contribution in [0.5, 0.6) is 0 Å². The molecule has 4 nitrogen and oxygen atoms in total. The van der Waals surface area contributed by atoms with Gasteiger partial charge in [-0.3, -0.25) is 0 Å². The van der Waals surface area contributed by atoms with Crippen LogP contribution < -0.4 is 5.73 Å². The maximum absolute atomic E-state index is 11.8. The molecule has 0 unspecified atom stereocenters. The smallest absolute Gasteiger partial charge is 0.338 e. The van der Waals surface area contributed by atoms with Crippen molar-refractivity contribution in [2.45, 2.75) is 13.3 Å². The summed E-state index contributed by atoms with van der Waals surface area (Å²) in [5, 5.41) is 0. The zero-order chi connectivity index (χ0) is 12.5. The van der Waals surface area contributed by atoms with Crippen molar-refractivity contribution in [3.63, 3.8) is 0 Å². The van der Waals surface area contributed by atoms with Crippen molar-refractivity contribution in [3.8, 4) is 0 Å². The second-order valence-corrected chi connectivity index (χ2v) is 3.53. The van der Waals surface area contributed by atoms with Gasteiger partial charge < -0.3 is 15.2 Å². The third-order valence-electron chi connectivity index (χ3n) is 2.32. The molecule has 0 radical (unpaired) electrons. The number of ether oxygens (including phenoxy) is 2. The lowest BCUT2D eigenvalue weighted by molar-refractivity contribution is 0.0334. The van der Waals surface area contributed by atoms with E-state index in [-0.39, 0.29) is 12.6 Å². The standard InChI is InChI=1S/C13H19NO3/c1-2-16-9-10-17-13(15)12-6-4-3-5-11(12)7-8-14/h3-6H,2,7-10,14H2,1H3. The molecule has 0 atom stereocenters. The lowest BCUT2D eigenvalue weighted by atomic mass is 10.1. The Labute approximate surface area is 102 Å². The van der Waals surface area contributed by atoms with Crippen molar-refractivity contribution in [3.05, 3.63) is 35.4 Å². The summed E-state index contributed by atoms with van der Waals surface area (Å²) in [4.78, 5) is 11.8. The molecule has 0 aliphatic rings. The molecule has 0 saturated carbocycles. The molecular formula is C13H19NO3. The Kier molecular flexibility index (Phi) is 6.29. The lowest BCUT2D eigenvalue weighted by Crippen LogP contribution is -2.14. The highest BCUT2D eigenvalue weighted by Crippen LogP contribution is 2.10. The maximum Gasteiger partial charge on any atom is 0.338 e. The molecule has 4 heteroatoms. The minimum absolute atomic E-state index is 0.281. The van der Waals surface area contributed by atoms with Gasteiger partial charge in [-0.25, -0.2) is 4.79 Å². The average Bonchev–Trinajstić information content (AvgIpc) is 2.35. The van der Waals surface area contributed by atoms with Crippen LogP contribution in [0.15, 0.2) is 24.3 Å². The molecule has 0 fully saturated rings. The largest absolute Gasteiger partial charge is 0.460 e. The molecule has 0 spiro atoms. The van der Waals surface area contributed by atoms with Gasteiger partial charge in [0.25, 0.3) is 0 Å². The van der Waals surface area contributed by atoms with E-state index in [1.54, 1.807) is 6.07 Å². The molecule has 1 rings (SSSR count). The normalized spacial score (nSPS) is 10.2. The number of benzene rings is 1. The number of nitrogens with two attached hydrogens (primary N) is 1. The predicted molar refractivity (Wildman–Crippen MR) is 66.0 cm³/mol. The second-order valence-electron chi connectivity index (χ2n) is 3.53. The third kappa shape index (κ3) is 4.54. The molecule has 0 amide bonds. The van der Waals surface area contributed by atoms with Crippen LogP contribution in [-0.2, 0) is 15.9 Å². The highest BCUT2D eigenvalue weighted by Gasteiger charge is 2.11. The van der Waals surface area contributed by atoms with E-state index >= 15 is 0 Å². The van der Waals surface area contributed by atoms with Crippen LogP contribution in [-0.4, -0.2) is 32.3 Å². The van der Waals surface area contributed by atoms with Crippen molar-refractivity contribution in [2.75, 3.05) is 26.4 Å². The van der Waals surface area contributed by atoms with Crippen molar-refractivity contribution >= 4 is 5.97 Å². The molecule has 0 aliphatic carbocycles. The summed E-state index contributed by atoms with van der Waals surface area (Å²) in [5.74, 6) is -0.311. The topological polar surface area (TPSA) is 61.5 Å². The molecule has 94 valence electrons. The summed E-state index contributed by atoms with van der Waals surface area (Å²) < 4.78 is 10.2. The zero-order valence-electron chi connectivity index (χ0n) is 10.1. The predicted octanol–water partition coefficient (Wildman–Crippen LogP) is 1.38. The number of hydrogen-bond acceptors (Lipinski definition) is 4. The van der Waals surface area contributed by atoms with Gasteiger partial charge in [0.2, 0.25) is 0 Å². The third-order valence-corrected chi connectivity index (χ3v) is 2.32. The fourth-order valence-electron chi connectivity index (χ4n) is 1.51. The second kappa shape index (κ2) is 7.81. The van der Waals surface area contributed by atoms with Gasteiger partial charge in [-0.1, -0.05) is 18.2 Å². The van der Waals surface area contributed by atoms with E-state index in [9.17, 15) is 4.79 Å². The quantitative estimate of drug-likeness (QED) is 0.575. The summed E-state index contributed by atoms with van der Waals surface area (Å²) in [7, 11) is 0. The van der Waals surface area contributed by atoms with E-state index in [2.05, 4.69) is 0 Å². The Morgan fingerprint density at radius 2 is 2.06 bits per heavy atom. The maximum atomic E-state index is 11.8. The zero-order valence-corrected chi connectivity index (χ0v) is 10.1. The summed E-state index contributed by atoms with van der Waals surface area (Å²) in [6.45, 7) is 3.76. The van der Waals surface area contributed by atoms with Gasteiger partial charge in [0.05, 0.1) is 12.2 Å². The first-order valence-corrected chi connectivity index (χ1v) is 5.82. The van der Waals surface area contributed by atoms with Crippen LogP contribution in [0.2, 0.25) is 0 Å². The van der Waals surface area contributed by atoms with Crippen molar-refractivity contribution < 1.29 is 14.3 Å². The fraction of sp³-hybridized carbons (Fsp3) is 0.462. The molecule has 17 heavy (non-hydrogen) atoms. The van der Waals surface area contributed by atoms with E-state index in [4.69, 9.17) is 15.2 Å². The summed E-state index contributed by atoms with van der Waals surface area (Å²) >= 11 is 0. The Balaban J connectivity index is 2.55. The molecule has 0 saturated heterocycles. The molecule has 1 aromatic carbocycles. The molecule has 0 heterocycles. The lowest BCUT2D eigenvalue weighted by Gasteiger charge is -2.08. The van der Waals surface area contributed by atoms with Gasteiger partial charge in [-0.2, -0.15) is 0 Å². The van der Waals surface area contributed by atoms with Crippen molar-refractivity contribution in [1.29, 1.82) is 0 Å². The van der Waals surface area contributed by atoms with Gasteiger partial charge in [0.15, 0.2) is 0 Å². The highest BCUT2D eigenvalue weighted by atomic mass is 16.6. The van der Waals surface area contributed by atoms with Crippen LogP contribution in [0.4, 0.5) is 0 Å². The Bertz CT molecular complexity index is 352. The number of esters is 1. The van der Waals surface area contributed by atoms with Crippen LogP contribution in [0, 0.1) is 0 Å². The number of hydrogen-bond donors (Lipinski definition) is 1. The van der Waals surface area contributed by atoms with Gasteiger partial charge in [-0.05, 0) is 31.5 Å². The number of carbonyl (C=O) groups excluding carboxylic acids is 1. The number of carbonyl (C=O) groups is 1. The minimum atomic E-state index is -0.311. The van der Waals surface area contributed by atoms with Crippen LogP contribution in [0.25, 0.3) is 0 Å². The first kappa shape index (κ1) is 13.7. The summed E-state index contributed by atoms with van der Waals surface area (Å²) in [6, 6.07) is 7.36. The Hall–Kier alpha value is -1.39. The van der Waals surface area contributed by atoms with Crippen molar-refractivity contribution in [1.82, 2.24) is 0 Å². The average molecular weight is 237 g/mol. The summed E-state index contributed by atoms with van der Waals surface area (Å²) in [5.41, 5.74) is 7.02. The SMILES string of the molecule is CCOCCOC(=O)c1ccccc1CCN. The van der Waals surface area contributed by atoms with Gasteiger partial charge >= 0.3 is 5.97 Å². The van der Waals surface area contributed by atoms with E-state index < -0.39 is 0 Å². The van der Waals surface area contributed by atoms with Gasteiger partial charge in [0, 0.05) is 6.61 Å². The first-order valence-electron chi connectivity index (χ1n) is 5.82. The van der Waals surface area contributed by atoms with E-state index in [0.29, 0.717) is 31.7 Å². The van der Waals surface area contributed by atoms with E-state index in [0.717, 1.165) is 5.56 Å². The highest BCUT2D eigenvalue weighted by molar-refractivity contribution is 5.91. The molecule has 0 aromatic heterocycles. The van der Waals surface area contributed by atoms with E-state index in [1.807, 2.05) is 25.1 Å². The van der Waals surface area contributed by atoms with Crippen LogP contribution in [0.1, 0.15) is 22.8 Å².